The Labute approximate surface area is 62.6 Å². The SMILES string of the molecule is Cn1nc(C=O)c(B(O)O)n1. The number of aldehydes is 1. The van der Waals surface area contributed by atoms with Crippen LogP contribution in [0, 0.1) is 0 Å². The second kappa shape index (κ2) is 2.81. The maximum Gasteiger partial charge on any atom is 0.512 e. The van der Waals surface area contributed by atoms with Gasteiger partial charge in [0.1, 0.15) is 11.3 Å². The molecule has 1 heterocycles. The molecule has 7 heteroatoms. The van der Waals surface area contributed by atoms with Crippen molar-refractivity contribution in [3.8, 4) is 0 Å². The normalized spacial score (nSPS) is 9.73. The minimum atomic E-state index is -1.75. The zero-order valence-electron chi connectivity index (χ0n) is 5.80. The van der Waals surface area contributed by atoms with E-state index in [1.807, 2.05) is 0 Å². The first-order valence-corrected chi connectivity index (χ1v) is 2.87. The van der Waals surface area contributed by atoms with Crippen molar-refractivity contribution in [3.63, 3.8) is 0 Å². The Morgan fingerprint density at radius 1 is 1.55 bits per heavy atom. The fourth-order valence-corrected chi connectivity index (χ4v) is 0.705. The summed E-state index contributed by atoms with van der Waals surface area (Å²) in [6, 6.07) is 0. The maximum atomic E-state index is 10.2. The molecule has 0 atom stereocenters. The topological polar surface area (TPSA) is 88.2 Å². The van der Waals surface area contributed by atoms with Crippen LogP contribution in [0.5, 0.6) is 0 Å². The molecule has 0 fully saturated rings. The number of rotatable bonds is 2. The number of nitrogens with zero attached hydrogens (tertiary/aromatic N) is 3. The van der Waals surface area contributed by atoms with E-state index in [4.69, 9.17) is 10.0 Å². The van der Waals surface area contributed by atoms with E-state index in [1.54, 1.807) is 0 Å². The van der Waals surface area contributed by atoms with Crippen molar-refractivity contribution in [1.29, 1.82) is 0 Å². The Balaban J connectivity index is 3.11. The molecule has 58 valence electrons. The van der Waals surface area contributed by atoms with Crippen molar-refractivity contribution in [2.45, 2.75) is 0 Å². The zero-order chi connectivity index (χ0) is 8.43. The number of hydrogen-bond acceptors (Lipinski definition) is 5. The Bertz CT molecular complexity index is 272. The van der Waals surface area contributed by atoms with Crippen LogP contribution in [-0.4, -0.2) is 38.4 Å². The molecule has 1 aromatic rings. The van der Waals surface area contributed by atoms with Crippen molar-refractivity contribution in [3.05, 3.63) is 5.69 Å². The monoisotopic (exact) mass is 155 g/mol. The Kier molecular flexibility index (Phi) is 2.02. The van der Waals surface area contributed by atoms with Crippen LogP contribution < -0.4 is 5.59 Å². The van der Waals surface area contributed by atoms with Gasteiger partial charge in [0.05, 0.1) is 0 Å². The first kappa shape index (κ1) is 7.90. The fourth-order valence-electron chi connectivity index (χ4n) is 0.705. The van der Waals surface area contributed by atoms with Gasteiger partial charge in [-0.25, -0.2) is 0 Å². The predicted octanol–water partition coefficient (Wildman–Crippen LogP) is -2.69. The summed E-state index contributed by atoms with van der Waals surface area (Å²) in [4.78, 5) is 11.3. The Morgan fingerprint density at radius 2 is 2.18 bits per heavy atom. The van der Waals surface area contributed by atoms with Gasteiger partial charge in [-0.05, 0) is 0 Å². The summed E-state index contributed by atoms with van der Waals surface area (Å²) in [5, 5.41) is 24.4. The maximum absolute atomic E-state index is 10.2. The average molecular weight is 155 g/mol. The van der Waals surface area contributed by atoms with E-state index in [1.165, 1.54) is 7.05 Å². The van der Waals surface area contributed by atoms with Crippen molar-refractivity contribution in [2.24, 2.45) is 7.05 Å². The zero-order valence-corrected chi connectivity index (χ0v) is 5.80. The van der Waals surface area contributed by atoms with Crippen LogP contribution in [0.25, 0.3) is 0 Å². The molecule has 11 heavy (non-hydrogen) atoms. The summed E-state index contributed by atoms with van der Waals surface area (Å²) in [5.74, 6) is 0. The van der Waals surface area contributed by atoms with Gasteiger partial charge in [-0.1, -0.05) is 0 Å². The van der Waals surface area contributed by atoms with E-state index < -0.39 is 7.12 Å². The van der Waals surface area contributed by atoms with E-state index in [2.05, 4.69) is 10.2 Å². The lowest BCUT2D eigenvalue weighted by molar-refractivity contribution is 0.111. The largest absolute Gasteiger partial charge is 0.512 e. The number of aryl methyl sites for hydroxylation is 1. The smallest absolute Gasteiger partial charge is 0.422 e. The molecule has 0 spiro atoms. The van der Waals surface area contributed by atoms with Crippen LogP contribution >= 0.6 is 0 Å². The lowest BCUT2D eigenvalue weighted by atomic mass is 9.85. The first-order valence-electron chi connectivity index (χ1n) is 2.87. The molecule has 0 aliphatic rings. The number of aromatic nitrogens is 3. The van der Waals surface area contributed by atoms with Crippen LogP contribution in [0.1, 0.15) is 10.5 Å². The summed E-state index contributed by atoms with van der Waals surface area (Å²) in [6.07, 6.45) is 0.418. The molecule has 0 aliphatic carbocycles. The first-order chi connectivity index (χ1) is 5.15. The van der Waals surface area contributed by atoms with Gasteiger partial charge < -0.3 is 10.0 Å². The van der Waals surface area contributed by atoms with Crippen LogP contribution in [0.15, 0.2) is 0 Å². The molecule has 0 aliphatic heterocycles. The highest BCUT2D eigenvalue weighted by Gasteiger charge is 2.21. The molecule has 1 aromatic heterocycles. The Morgan fingerprint density at radius 3 is 2.55 bits per heavy atom. The second-order valence-corrected chi connectivity index (χ2v) is 1.95. The third kappa shape index (κ3) is 1.44. The van der Waals surface area contributed by atoms with Crippen LogP contribution in [0.3, 0.4) is 0 Å². The predicted molar refractivity (Wildman–Crippen MR) is 36.2 cm³/mol. The third-order valence-electron chi connectivity index (χ3n) is 1.12. The van der Waals surface area contributed by atoms with Crippen molar-refractivity contribution in [2.75, 3.05) is 0 Å². The molecule has 0 saturated carbocycles. The summed E-state index contributed by atoms with van der Waals surface area (Å²) in [6.45, 7) is 0. The molecule has 6 nitrogen and oxygen atoms in total. The lowest BCUT2D eigenvalue weighted by Crippen LogP contribution is -2.34. The molecule has 0 unspecified atom stereocenters. The van der Waals surface area contributed by atoms with Gasteiger partial charge in [-0.3, -0.25) is 4.79 Å². The van der Waals surface area contributed by atoms with E-state index in [0.717, 1.165) is 4.80 Å². The standard InChI is InChI=1S/C4H6BN3O3/c1-8-6-3(2-9)4(7-8)5(10)11/h2,10-11H,1H3. The molecule has 0 saturated heterocycles. The van der Waals surface area contributed by atoms with E-state index >= 15 is 0 Å². The minimum absolute atomic E-state index is 0.0532. The van der Waals surface area contributed by atoms with Gasteiger partial charge in [-0.15, -0.1) is 0 Å². The highest BCUT2D eigenvalue weighted by Crippen LogP contribution is 1.82. The summed E-state index contributed by atoms with van der Waals surface area (Å²) >= 11 is 0. The molecule has 0 radical (unpaired) electrons. The van der Waals surface area contributed by atoms with Gasteiger partial charge in [0.15, 0.2) is 6.29 Å². The molecular formula is C4H6BN3O3. The van der Waals surface area contributed by atoms with E-state index in [0.29, 0.717) is 6.29 Å². The number of hydrogen-bond donors (Lipinski definition) is 2. The highest BCUT2D eigenvalue weighted by molar-refractivity contribution is 6.58. The van der Waals surface area contributed by atoms with Crippen molar-refractivity contribution < 1.29 is 14.8 Å². The van der Waals surface area contributed by atoms with Crippen molar-refractivity contribution in [1.82, 2.24) is 15.0 Å². The van der Waals surface area contributed by atoms with Crippen LogP contribution in [0.2, 0.25) is 0 Å². The Hall–Kier alpha value is -1.21. The minimum Gasteiger partial charge on any atom is -0.422 e. The molecule has 1 rings (SSSR count). The van der Waals surface area contributed by atoms with E-state index in [-0.39, 0.29) is 11.3 Å². The van der Waals surface area contributed by atoms with Gasteiger partial charge in [-0.2, -0.15) is 15.0 Å². The summed E-state index contributed by atoms with van der Waals surface area (Å²) < 4.78 is 0. The van der Waals surface area contributed by atoms with Gasteiger partial charge in [0.25, 0.3) is 0 Å². The van der Waals surface area contributed by atoms with Gasteiger partial charge in [0, 0.05) is 7.05 Å². The van der Waals surface area contributed by atoms with E-state index in [9.17, 15) is 4.79 Å². The highest BCUT2D eigenvalue weighted by atomic mass is 16.4. The number of carbonyl (C=O) groups is 1. The second-order valence-electron chi connectivity index (χ2n) is 1.95. The van der Waals surface area contributed by atoms with Gasteiger partial charge in [0.2, 0.25) is 0 Å². The number of carbonyl (C=O) groups excluding carboxylic acids is 1. The summed E-state index contributed by atoms with van der Waals surface area (Å²) in [7, 11) is -0.261. The molecule has 0 bridgehead atoms. The summed E-state index contributed by atoms with van der Waals surface area (Å²) in [5.41, 5.74) is -0.176. The van der Waals surface area contributed by atoms with Crippen molar-refractivity contribution >= 4 is 19.0 Å². The fraction of sp³-hybridized carbons (Fsp3) is 0.250. The third-order valence-corrected chi connectivity index (χ3v) is 1.12. The van der Waals surface area contributed by atoms with Gasteiger partial charge >= 0.3 is 7.12 Å². The van der Waals surface area contributed by atoms with Crippen LogP contribution in [-0.2, 0) is 7.05 Å². The molecule has 0 aromatic carbocycles. The molecule has 2 N–H and O–H groups in total. The molecular weight excluding hydrogens is 149 g/mol. The lowest BCUT2D eigenvalue weighted by Gasteiger charge is -1.88. The van der Waals surface area contributed by atoms with Crippen LogP contribution in [0.4, 0.5) is 0 Å². The molecule has 0 amide bonds. The average Bonchev–Trinajstić information content (AvgIpc) is 2.30. The quantitative estimate of drug-likeness (QED) is 0.358.